The van der Waals surface area contributed by atoms with Gasteiger partial charge in [0.25, 0.3) is 0 Å². The molecule has 0 heterocycles. The Hall–Kier alpha value is -0.240. The molecule has 108 valence electrons. The van der Waals surface area contributed by atoms with Crippen LogP contribution >= 0.6 is 23.2 Å². The van der Waals surface area contributed by atoms with Gasteiger partial charge in [0.2, 0.25) is 0 Å². The Morgan fingerprint density at radius 3 is 2.80 bits per heavy atom. The van der Waals surface area contributed by atoms with Crippen molar-refractivity contribution in [1.29, 1.82) is 0 Å². The summed E-state index contributed by atoms with van der Waals surface area (Å²) in [7, 11) is 0. The minimum Gasteiger partial charge on any atom is -0.325 e. The van der Waals surface area contributed by atoms with E-state index in [2.05, 4.69) is 6.07 Å². The minimum atomic E-state index is -0.0341. The number of halogens is 2. The van der Waals surface area contributed by atoms with Crippen LogP contribution in [0, 0.1) is 23.7 Å². The molecule has 3 aliphatic carbocycles. The Bertz CT molecular complexity index is 544. The van der Waals surface area contributed by atoms with Crippen LogP contribution in [0.2, 0.25) is 10.0 Å². The van der Waals surface area contributed by atoms with Crippen molar-refractivity contribution in [3.63, 3.8) is 0 Å². The lowest BCUT2D eigenvalue weighted by Crippen LogP contribution is -2.51. The molecular formula is C17H21Cl2N. The Labute approximate surface area is 130 Å². The summed E-state index contributed by atoms with van der Waals surface area (Å²) in [5, 5.41) is 1.47. The molecule has 0 aliphatic heterocycles. The van der Waals surface area contributed by atoms with Crippen molar-refractivity contribution in [2.45, 2.75) is 44.1 Å². The van der Waals surface area contributed by atoms with E-state index in [0.29, 0.717) is 10.9 Å². The zero-order valence-corrected chi connectivity index (χ0v) is 13.1. The first-order chi connectivity index (χ1) is 9.57. The summed E-state index contributed by atoms with van der Waals surface area (Å²) in [4.78, 5) is 0. The molecule has 5 atom stereocenters. The standard InChI is InChI=1S/C17H21Cl2N/c18-12-5-4-10(16(19)7-12)8-17(20)9-11-6-15(17)14-3-1-2-13(11)14/h4-5,7,11,13-15H,1-3,6,8-9,20H2. The van der Waals surface area contributed by atoms with Crippen LogP contribution in [0.3, 0.4) is 0 Å². The van der Waals surface area contributed by atoms with E-state index in [1.165, 1.54) is 37.7 Å². The highest BCUT2D eigenvalue weighted by molar-refractivity contribution is 6.35. The Morgan fingerprint density at radius 1 is 1.20 bits per heavy atom. The SMILES string of the molecule is NC1(Cc2ccc(Cl)cc2Cl)CC2CC1C1CCCC21. The van der Waals surface area contributed by atoms with Gasteiger partial charge in [-0.2, -0.15) is 0 Å². The lowest BCUT2D eigenvalue weighted by molar-refractivity contribution is 0.156. The van der Waals surface area contributed by atoms with Crippen molar-refractivity contribution in [1.82, 2.24) is 0 Å². The van der Waals surface area contributed by atoms with Crippen LogP contribution in [0.25, 0.3) is 0 Å². The van der Waals surface area contributed by atoms with Crippen LogP contribution < -0.4 is 5.73 Å². The van der Waals surface area contributed by atoms with Crippen molar-refractivity contribution in [3.05, 3.63) is 33.8 Å². The fraction of sp³-hybridized carbons (Fsp3) is 0.647. The van der Waals surface area contributed by atoms with Crippen molar-refractivity contribution < 1.29 is 0 Å². The second kappa shape index (κ2) is 4.63. The van der Waals surface area contributed by atoms with Gasteiger partial charge in [0.05, 0.1) is 0 Å². The normalized spacial score (nSPS) is 42.1. The topological polar surface area (TPSA) is 26.0 Å². The third-order valence-electron chi connectivity index (χ3n) is 6.22. The molecule has 3 fully saturated rings. The summed E-state index contributed by atoms with van der Waals surface area (Å²) in [6, 6.07) is 5.82. The van der Waals surface area contributed by atoms with Gasteiger partial charge < -0.3 is 5.73 Å². The quantitative estimate of drug-likeness (QED) is 0.842. The largest absolute Gasteiger partial charge is 0.325 e. The molecule has 0 amide bonds. The van der Waals surface area contributed by atoms with E-state index in [0.717, 1.165) is 29.2 Å². The van der Waals surface area contributed by atoms with Gasteiger partial charge >= 0.3 is 0 Å². The molecule has 2 bridgehead atoms. The zero-order valence-electron chi connectivity index (χ0n) is 11.6. The van der Waals surface area contributed by atoms with Gasteiger partial charge in [-0.1, -0.05) is 35.7 Å². The van der Waals surface area contributed by atoms with Gasteiger partial charge in [-0.3, -0.25) is 0 Å². The molecule has 0 aromatic heterocycles. The van der Waals surface area contributed by atoms with Crippen molar-refractivity contribution in [2.75, 3.05) is 0 Å². The molecule has 3 aliphatic rings. The molecule has 0 radical (unpaired) electrons. The molecule has 2 N–H and O–H groups in total. The van der Waals surface area contributed by atoms with Crippen molar-refractivity contribution >= 4 is 23.2 Å². The van der Waals surface area contributed by atoms with Gasteiger partial charge in [0, 0.05) is 15.6 Å². The lowest BCUT2D eigenvalue weighted by Gasteiger charge is -2.40. The minimum absolute atomic E-state index is 0.0341. The Balaban J connectivity index is 1.60. The second-order valence-corrected chi connectivity index (χ2v) is 8.05. The van der Waals surface area contributed by atoms with Gasteiger partial charge in [-0.05, 0) is 73.5 Å². The Kier molecular flexibility index (Phi) is 3.11. The molecule has 5 unspecified atom stereocenters. The average Bonchev–Trinajstić information content (AvgIpc) is 3.03. The fourth-order valence-electron chi connectivity index (χ4n) is 5.54. The highest BCUT2D eigenvalue weighted by atomic mass is 35.5. The zero-order chi connectivity index (χ0) is 13.9. The van der Waals surface area contributed by atoms with E-state index in [9.17, 15) is 0 Å². The van der Waals surface area contributed by atoms with Gasteiger partial charge in [0.15, 0.2) is 0 Å². The molecule has 1 aromatic rings. The van der Waals surface area contributed by atoms with E-state index < -0.39 is 0 Å². The summed E-state index contributed by atoms with van der Waals surface area (Å²) in [6.45, 7) is 0. The molecule has 0 spiro atoms. The molecule has 0 saturated heterocycles. The highest BCUT2D eigenvalue weighted by Gasteiger charge is 2.59. The van der Waals surface area contributed by atoms with Crippen LogP contribution in [0.5, 0.6) is 0 Å². The molecule has 4 rings (SSSR count). The van der Waals surface area contributed by atoms with E-state index in [4.69, 9.17) is 28.9 Å². The van der Waals surface area contributed by atoms with Gasteiger partial charge in [-0.25, -0.2) is 0 Å². The average molecular weight is 310 g/mol. The third kappa shape index (κ3) is 1.94. The van der Waals surface area contributed by atoms with Crippen LogP contribution in [-0.2, 0) is 6.42 Å². The fourth-order valence-corrected chi connectivity index (χ4v) is 6.01. The monoisotopic (exact) mass is 309 g/mol. The predicted octanol–water partition coefficient (Wildman–Crippen LogP) is 4.69. The Morgan fingerprint density at radius 2 is 2.00 bits per heavy atom. The van der Waals surface area contributed by atoms with E-state index in [-0.39, 0.29) is 5.54 Å². The maximum atomic E-state index is 6.85. The second-order valence-electron chi connectivity index (χ2n) is 7.21. The van der Waals surface area contributed by atoms with Gasteiger partial charge in [0.1, 0.15) is 0 Å². The summed E-state index contributed by atoms with van der Waals surface area (Å²) in [6.07, 6.45) is 7.73. The smallest absolute Gasteiger partial charge is 0.0453 e. The maximum Gasteiger partial charge on any atom is 0.0453 e. The predicted molar refractivity (Wildman–Crippen MR) is 84.1 cm³/mol. The molecule has 1 nitrogen and oxygen atoms in total. The van der Waals surface area contributed by atoms with E-state index >= 15 is 0 Å². The first kappa shape index (κ1) is 13.4. The number of fused-ring (bicyclic) bond motifs is 5. The molecule has 20 heavy (non-hydrogen) atoms. The van der Waals surface area contributed by atoms with Gasteiger partial charge in [-0.15, -0.1) is 0 Å². The highest BCUT2D eigenvalue weighted by Crippen LogP contribution is 2.62. The van der Waals surface area contributed by atoms with Crippen molar-refractivity contribution in [2.24, 2.45) is 29.4 Å². The van der Waals surface area contributed by atoms with E-state index in [1.54, 1.807) is 0 Å². The number of hydrogen-bond acceptors (Lipinski definition) is 1. The van der Waals surface area contributed by atoms with Crippen LogP contribution in [0.1, 0.15) is 37.7 Å². The molecule has 3 saturated carbocycles. The molecule has 3 heteroatoms. The number of hydrogen-bond donors (Lipinski definition) is 1. The molecule has 1 aromatic carbocycles. The van der Waals surface area contributed by atoms with Crippen molar-refractivity contribution in [3.8, 4) is 0 Å². The molecular weight excluding hydrogens is 289 g/mol. The van der Waals surface area contributed by atoms with E-state index in [1.807, 2.05) is 12.1 Å². The first-order valence-corrected chi connectivity index (χ1v) is 8.55. The number of nitrogens with two attached hydrogens (primary N) is 1. The van der Waals surface area contributed by atoms with Crippen LogP contribution in [0.4, 0.5) is 0 Å². The summed E-state index contributed by atoms with van der Waals surface area (Å²) >= 11 is 12.3. The third-order valence-corrected chi connectivity index (χ3v) is 6.81. The van der Waals surface area contributed by atoms with Crippen LogP contribution in [-0.4, -0.2) is 5.54 Å². The first-order valence-electron chi connectivity index (χ1n) is 7.80. The maximum absolute atomic E-state index is 6.85. The number of benzene rings is 1. The lowest BCUT2D eigenvalue weighted by atomic mass is 9.69. The summed E-state index contributed by atoms with van der Waals surface area (Å²) in [5.41, 5.74) is 7.98. The van der Waals surface area contributed by atoms with Crippen LogP contribution in [0.15, 0.2) is 18.2 Å². The summed E-state index contributed by atoms with van der Waals surface area (Å²) < 4.78 is 0. The summed E-state index contributed by atoms with van der Waals surface area (Å²) in [5.74, 6) is 3.47. The number of rotatable bonds is 2.